The molecule has 2 fully saturated rings. The summed E-state index contributed by atoms with van der Waals surface area (Å²) in [5, 5.41) is 2.75. The molecule has 8 heteroatoms. The molecule has 27 heavy (non-hydrogen) atoms. The molecule has 3 atom stereocenters. The number of Topliss-reactive ketones (excluding diaryl/α,β-unsaturated/α-hetero) is 1. The van der Waals surface area contributed by atoms with Crippen LogP contribution in [0.1, 0.15) is 48.5 Å². The van der Waals surface area contributed by atoms with Crippen molar-refractivity contribution in [2.45, 2.75) is 43.5 Å². The Hall–Kier alpha value is -2.35. The second-order valence-electron chi connectivity index (χ2n) is 7.31. The number of hydrogen-bond donors (Lipinski definition) is 1. The molecule has 1 aromatic carbocycles. The Bertz CT molecular complexity index is 870. The van der Waals surface area contributed by atoms with E-state index in [4.69, 9.17) is 4.74 Å². The molecule has 3 heterocycles. The SMILES string of the molecule is C[C@@H]1C(=O)Nc2ccc(C(=O)COC(=O)[C@@H]3CS[C@@]4(C)CCC(=O)N34)cc21. The van der Waals surface area contributed by atoms with Gasteiger partial charge in [-0.2, -0.15) is 0 Å². The van der Waals surface area contributed by atoms with Crippen LogP contribution in [0, 0.1) is 0 Å². The summed E-state index contributed by atoms with van der Waals surface area (Å²) >= 11 is 1.58. The maximum atomic E-state index is 12.5. The van der Waals surface area contributed by atoms with Crippen molar-refractivity contribution < 1.29 is 23.9 Å². The van der Waals surface area contributed by atoms with E-state index in [1.54, 1.807) is 41.8 Å². The van der Waals surface area contributed by atoms with Crippen molar-refractivity contribution in [2.24, 2.45) is 0 Å². The van der Waals surface area contributed by atoms with E-state index in [9.17, 15) is 19.2 Å². The van der Waals surface area contributed by atoms with Crippen LogP contribution in [0.15, 0.2) is 18.2 Å². The summed E-state index contributed by atoms with van der Waals surface area (Å²) < 4.78 is 5.23. The third kappa shape index (κ3) is 2.92. The van der Waals surface area contributed by atoms with Gasteiger partial charge in [-0.1, -0.05) is 0 Å². The van der Waals surface area contributed by atoms with Crippen LogP contribution >= 0.6 is 11.8 Å². The number of anilines is 1. The molecule has 2 amide bonds. The molecular weight excluding hydrogens is 368 g/mol. The number of ether oxygens (including phenoxy) is 1. The molecule has 3 aliphatic heterocycles. The van der Waals surface area contributed by atoms with Gasteiger partial charge in [0.05, 0.1) is 10.8 Å². The highest BCUT2D eigenvalue weighted by molar-refractivity contribution is 8.01. The number of nitrogens with zero attached hydrogens (tertiary/aromatic N) is 1. The quantitative estimate of drug-likeness (QED) is 0.626. The maximum Gasteiger partial charge on any atom is 0.330 e. The number of nitrogens with one attached hydrogen (secondary N) is 1. The molecule has 0 aliphatic carbocycles. The molecule has 0 spiro atoms. The topological polar surface area (TPSA) is 92.8 Å². The average Bonchev–Trinajstić information content (AvgIpc) is 3.24. The first-order valence-corrected chi connectivity index (χ1v) is 9.89. The van der Waals surface area contributed by atoms with Gasteiger partial charge >= 0.3 is 5.97 Å². The fourth-order valence-electron chi connectivity index (χ4n) is 3.90. The number of thioether (sulfide) groups is 1. The van der Waals surface area contributed by atoms with Gasteiger partial charge in [0.1, 0.15) is 6.04 Å². The van der Waals surface area contributed by atoms with Gasteiger partial charge < -0.3 is 15.0 Å². The Morgan fingerprint density at radius 3 is 2.93 bits per heavy atom. The summed E-state index contributed by atoms with van der Waals surface area (Å²) in [4.78, 5) is 50.0. The van der Waals surface area contributed by atoms with Crippen LogP contribution < -0.4 is 5.32 Å². The molecule has 4 rings (SSSR count). The van der Waals surface area contributed by atoms with E-state index in [0.29, 0.717) is 23.4 Å². The zero-order valence-electron chi connectivity index (χ0n) is 15.1. The van der Waals surface area contributed by atoms with Crippen molar-refractivity contribution in [1.82, 2.24) is 4.90 Å². The normalized spacial score (nSPS) is 28.7. The monoisotopic (exact) mass is 388 g/mol. The highest BCUT2D eigenvalue weighted by atomic mass is 32.2. The smallest absolute Gasteiger partial charge is 0.330 e. The molecule has 0 radical (unpaired) electrons. The minimum atomic E-state index is -0.635. The number of benzene rings is 1. The van der Waals surface area contributed by atoms with Crippen LogP contribution in [0.25, 0.3) is 0 Å². The highest BCUT2D eigenvalue weighted by Crippen LogP contribution is 2.47. The lowest BCUT2D eigenvalue weighted by molar-refractivity contribution is -0.152. The number of amides is 2. The second-order valence-corrected chi connectivity index (χ2v) is 8.81. The first-order valence-electron chi connectivity index (χ1n) is 8.91. The molecule has 0 bridgehead atoms. The number of fused-ring (bicyclic) bond motifs is 2. The lowest BCUT2D eigenvalue weighted by Crippen LogP contribution is -2.46. The lowest BCUT2D eigenvalue weighted by atomic mass is 9.99. The average molecular weight is 388 g/mol. The van der Waals surface area contributed by atoms with Crippen LogP contribution in [0.3, 0.4) is 0 Å². The van der Waals surface area contributed by atoms with Crippen molar-refractivity contribution in [3.8, 4) is 0 Å². The largest absolute Gasteiger partial charge is 0.456 e. The number of esters is 1. The van der Waals surface area contributed by atoms with Crippen LogP contribution in [0.5, 0.6) is 0 Å². The predicted molar refractivity (Wildman–Crippen MR) is 99.5 cm³/mol. The van der Waals surface area contributed by atoms with Crippen molar-refractivity contribution in [3.05, 3.63) is 29.3 Å². The molecular formula is C19H20N2O5S. The van der Waals surface area contributed by atoms with Gasteiger partial charge in [0, 0.05) is 23.4 Å². The molecule has 1 aromatic rings. The standard InChI is InChI=1S/C19H20N2O5S/c1-10-12-7-11(3-4-13(12)20-17(10)24)15(22)8-26-18(25)14-9-27-19(2)6-5-16(23)21(14)19/h3-4,7,10,14H,5-6,8-9H2,1-2H3,(H,20,24)/t10-,14-,19-/m0/s1. The van der Waals surface area contributed by atoms with E-state index >= 15 is 0 Å². The van der Waals surface area contributed by atoms with E-state index in [1.165, 1.54) is 0 Å². The Morgan fingerprint density at radius 1 is 1.37 bits per heavy atom. The number of hydrogen-bond acceptors (Lipinski definition) is 6. The second kappa shape index (κ2) is 6.37. The van der Waals surface area contributed by atoms with Crippen molar-refractivity contribution in [2.75, 3.05) is 17.7 Å². The fraction of sp³-hybridized carbons (Fsp3) is 0.474. The first-order chi connectivity index (χ1) is 12.8. The fourth-order valence-corrected chi connectivity index (χ4v) is 5.32. The minimum absolute atomic E-state index is 0.0412. The van der Waals surface area contributed by atoms with Gasteiger partial charge in [-0.15, -0.1) is 11.8 Å². The van der Waals surface area contributed by atoms with Gasteiger partial charge in [-0.25, -0.2) is 4.79 Å². The van der Waals surface area contributed by atoms with Gasteiger partial charge in [0.15, 0.2) is 12.4 Å². The summed E-state index contributed by atoms with van der Waals surface area (Å²) in [5.41, 5.74) is 1.87. The molecule has 0 unspecified atom stereocenters. The van der Waals surface area contributed by atoms with Crippen LogP contribution in [-0.2, 0) is 19.1 Å². The molecule has 7 nitrogen and oxygen atoms in total. The van der Waals surface area contributed by atoms with Crippen LogP contribution in [0.2, 0.25) is 0 Å². The van der Waals surface area contributed by atoms with Gasteiger partial charge in [-0.05, 0) is 44.0 Å². The van der Waals surface area contributed by atoms with Crippen molar-refractivity contribution in [3.63, 3.8) is 0 Å². The van der Waals surface area contributed by atoms with E-state index in [0.717, 1.165) is 12.0 Å². The third-order valence-electron chi connectivity index (χ3n) is 5.55. The molecule has 0 saturated carbocycles. The van der Waals surface area contributed by atoms with E-state index < -0.39 is 12.0 Å². The van der Waals surface area contributed by atoms with Crippen molar-refractivity contribution in [1.29, 1.82) is 0 Å². The summed E-state index contributed by atoms with van der Waals surface area (Å²) in [5.74, 6) is -0.845. The third-order valence-corrected chi connectivity index (χ3v) is 7.06. The first kappa shape index (κ1) is 18.0. The van der Waals surface area contributed by atoms with Crippen LogP contribution in [0.4, 0.5) is 5.69 Å². The minimum Gasteiger partial charge on any atom is -0.456 e. The summed E-state index contributed by atoms with van der Waals surface area (Å²) in [6, 6.07) is 4.33. The molecule has 0 aromatic heterocycles. The van der Waals surface area contributed by atoms with Gasteiger partial charge in [-0.3, -0.25) is 14.4 Å². The number of carbonyl (C=O) groups is 4. The highest BCUT2D eigenvalue weighted by Gasteiger charge is 2.53. The number of ketones is 1. The Morgan fingerprint density at radius 2 is 2.15 bits per heavy atom. The Balaban J connectivity index is 1.41. The summed E-state index contributed by atoms with van der Waals surface area (Å²) in [7, 11) is 0. The zero-order chi connectivity index (χ0) is 19.3. The molecule has 3 aliphatic rings. The lowest BCUT2D eigenvalue weighted by Gasteiger charge is -2.29. The van der Waals surface area contributed by atoms with E-state index in [2.05, 4.69) is 5.32 Å². The summed E-state index contributed by atoms with van der Waals surface area (Å²) in [6.45, 7) is 3.35. The summed E-state index contributed by atoms with van der Waals surface area (Å²) in [6.07, 6.45) is 1.16. The van der Waals surface area contributed by atoms with E-state index in [1.807, 2.05) is 6.92 Å². The van der Waals surface area contributed by atoms with Crippen LogP contribution in [-0.4, -0.2) is 51.7 Å². The van der Waals surface area contributed by atoms with E-state index in [-0.39, 0.29) is 35.0 Å². The molecule has 142 valence electrons. The van der Waals surface area contributed by atoms with Crippen molar-refractivity contribution >= 4 is 41.0 Å². The molecule has 1 N–H and O–H groups in total. The Labute approximate surface area is 160 Å². The zero-order valence-corrected chi connectivity index (χ0v) is 15.9. The van der Waals surface area contributed by atoms with Gasteiger partial charge in [0.2, 0.25) is 11.8 Å². The molecule has 2 saturated heterocycles. The number of rotatable bonds is 4. The maximum absolute atomic E-state index is 12.5. The van der Waals surface area contributed by atoms with Gasteiger partial charge in [0.25, 0.3) is 0 Å². The Kier molecular flexibility index (Phi) is 4.25. The number of carbonyl (C=O) groups excluding carboxylic acids is 4. The predicted octanol–water partition coefficient (Wildman–Crippen LogP) is 1.92.